The Morgan fingerprint density at radius 3 is 2.50 bits per heavy atom. The van der Waals surface area contributed by atoms with Gasteiger partial charge in [-0.05, 0) is 30.3 Å². The van der Waals surface area contributed by atoms with Crippen LogP contribution in [0.1, 0.15) is 11.1 Å². The van der Waals surface area contributed by atoms with Crippen LogP contribution in [0.2, 0.25) is 0 Å². The fourth-order valence-corrected chi connectivity index (χ4v) is 1.78. The lowest BCUT2D eigenvalue weighted by Crippen LogP contribution is -2.04. The van der Waals surface area contributed by atoms with Crippen LogP contribution in [0.3, 0.4) is 0 Å². The van der Waals surface area contributed by atoms with E-state index < -0.39 is 11.6 Å². The Labute approximate surface area is 115 Å². The van der Waals surface area contributed by atoms with Crippen LogP contribution in [0.5, 0.6) is 11.5 Å². The van der Waals surface area contributed by atoms with Gasteiger partial charge in [-0.15, -0.1) is 0 Å². The summed E-state index contributed by atoms with van der Waals surface area (Å²) in [6, 6.07) is 8.58. The summed E-state index contributed by atoms with van der Waals surface area (Å²) in [6.07, 6.45) is 0. The maximum atomic E-state index is 13.5. The first-order valence-electron chi connectivity index (χ1n) is 6.07. The quantitative estimate of drug-likeness (QED) is 0.915. The maximum Gasteiger partial charge on any atom is 0.132 e. The van der Waals surface area contributed by atoms with E-state index in [0.717, 1.165) is 11.6 Å². The Morgan fingerprint density at radius 1 is 1.05 bits per heavy atom. The lowest BCUT2D eigenvalue weighted by Gasteiger charge is -2.12. The molecule has 0 fully saturated rings. The van der Waals surface area contributed by atoms with Crippen LogP contribution in [0.25, 0.3) is 0 Å². The standard InChI is InChI=1S/C15H15F2NO2/c1-19-13-4-5-15(11(6-13)8-18)20-9-10-2-3-12(16)7-14(10)17/h2-7H,8-9,18H2,1H3. The minimum Gasteiger partial charge on any atom is -0.497 e. The van der Waals surface area contributed by atoms with Crippen LogP contribution >= 0.6 is 0 Å². The molecule has 0 aromatic heterocycles. The molecule has 2 aromatic carbocycles. The van der Waals surface area contributed by atoms with Gasteiger partial charge in [0.1, 0.15) is 29.7 Å². The molecular formula is C15H15F2NO2. The van der Waals surface area contributed by atoms with Crippen molar-refractivity contribution in [2.75, 3.05) is 7.11 Å². The zero-order chi connectivity index (χ0) is 14.5. The molecule has 0 unspecified atom stereocenters. The third-order valence-corrected chi connectivity index (χ3v) is 2.89. The molecule has 0 heterocycles. The molecule has 0 saturated heterocycles. The normalized spacial score (nSPS) is 10.4. The number of methoxy groups -OCH3 is 1. The van der Waals surface area contributed by atoms with Crippen LogP contribution in [0, 0.1) is 11.6 Å². The third kappa shape index (κ3) is 3.24. The van der Waals surface area contributed by atoms with Crippen molar-refractivity contribution < 1.29 is 18.3 Å². The zero-order valence-corrected chi connectivity index (χ0v) is 11.0. The molecule has 0 bridgehead atoms. The van der Waals surface area contributed by atoms with Gasteiger partial charge in [0.2, 0.25) is 0 Å². The number of rotatable bonds is 5. The number of ether oxygens (including phenoxy) is 2. The Morgan fingerprint density at radius 2 is 1.85 bits per heavy atom. The summed E-state index contributed by atoms with van der Waals surface area (Å²) in [5.41, 5.74) is 6.67. The van der Waals surface area contributed by atoms with Gasteiger partial charge in [-0.25, -0.2) is 8.78 Å². The number of halogens is 2. The molecule has 0 atom stereocenters. The number of hydrogen-bond donors (Lipinski definition) is 1. The summed E-state index contributed by atoms with van der Waals surface area (Å²) in [5, 5.41) is 0. The molecule has 0 radical (unpaired) electrons. The molecule has 2 aromatic rings. The summed E-state index contributed by atoms with van der Waals surface area (Å²) in [5.74, 6) is -0.0195. The highest BCUT2D eigenvalue weighted by Gasteiger charge is 2.08. The van der Waals surface area contributed by atoms with Gasteiger partial charge in [0.15, 0.2) is 0 Å². The van der Waals surface area contributed by atoms with Gasteiger partial charge in [0.05, 0.1) is 7.11 Å². The molecule has 0 spiro atoms. The molecular weight excluding hydrogens is 264 g/mol. The summed E-state index contributed by atoms with van der Waals surface area (Å²) < 4.78 is 36.9. The highest BCUT2D eigenvalue weighted by atomic mass is 19.1. The monoisotopic (exact) mass is 279 g/mol. The zero-order valence-electron chi connectivity index (χ0n) is 11.0. The van der Waals surface area contributed by atoms with Crippen molar-refractivity contribution in [2.45, 2.75) is 13.2 Å². The Hall–Kier alpha value is -2.14. The smallest absolute Gasteiger partial charge is 0.132 e. The predicted octanol–water partition coefficient (Wildman–Crippen LogP) is 3.01. The van der Waals surface area contributed by atoms with Crippen molar-refractivity contribution in [3.05, 3.63) is 59.2 Å². The second kappa shape index (κ2) is 6.34. The van der Waals surface area contributed by atoms with E-state index in [-0.39, 0.29) is 18.7 Å². The first-order valence-corrected chi connectivity index (χ1v) is 6.07. The van der Waals surface area contributed by atoms with Crippen LogP contribution in [-0.4, -0.2) is 7.11 Å². The van der Waals surface area contributed by atoms with E-state index in [9.17, 15) is 8.78 Å². The van der Waals surface area contributed by atoms with Crippen molar-refractivity contribution in [1.29, 1.82) is 0 Å². The molecule has 3 nitrogen and oxygen atoms in total. The summed E-state index contributed by atoms with van der Waals surface area (Å²) in [7, 11) is 1.56. The fourth-order valence-electron chi connectivity index (χ4n) is 1.78. The van der Waals surface area contributed by atoms with Gasteiger partial charge < -0.3 is 15.2 Å². The summed E-state index contributed by atoms with van der Waals surface area (Å²) >= 11 is 0. The SMILES string of the molecule is COc1ccc(OCc2ccc(F)cc2F)c(CN)c1. The second-order valence-electron chi connectivity index (χ2n) is 4.20. The largest absolute Gasteiger partial charge is 0.497 e. The van der Waals surface area contributed by atoms with E-state index in [4.69, 9.17) is 15.2 Å². The van der Waals surface area contributed by atoms with E-state index in [2.05, 4.69) is 0 Å². The fraction of sp³-hybridized carbons (Fsp3) is 0.200. The number of benzene rings is 2. The van der Waals surface area contributed by atoms with Crippen LogP contribution < -0.4 is 15.2 Å². The lowest BCUT2D eigenvalue weighted by molar-refractivity contribution is 0.295. The molecule has 0 aliphatic carbocycles. The molecule has 0 aliphatic rings. The van der Waals surface area contributed by atoms with E-state index in [1.165, 1.54) is 12.1 Å². The highest BCUT2D eigenvalue weighted by molar-refractivity contribution is 5.40. The average molecular weight is 279 g/mol. The summed E-state index contributed by atoms with van der Waals surface area (Å²) in [4.78, 5) is 0. The minimum atomic E-state index is -0.632. The maximum absolute atomic E-state index is 13.5. The number of nitrogens with two attached hydrogens (primary N) is 1. The minimum absolute atomic E-state index is 0.00540. The van der Waals surface area contributed by atoms with Gasteiger partial charge in [-0.2, -0.15) is 0 Å². The van der Waals surface area contributed by atoms with Crippen LogP contribution in [0.15, 0.2) is 36.4 Å². The van der Waals surface area contributed by atoms with Crippen molar-refractivity contribution >= 4 is 0 Å². The molecule has 5 heteroatoms. The van der Waals surface area contributed by atoms with Gasteiger partial charge >= 0.3 is 0 Å². The highest BCUT2D eigenvalue weighted by Crippen LogP contribution is 2.25. The van der Waals surface area contributed by atoms with E-state index >= 15 is 0 Å². The van der Waals surface area contributed by atoms with Crippen molar-refractivity contribution in [1.82, 2.24) is 0 Å². The van der Waals surface area contributed by atoms with Crippen LogP contribution in [-0.2, 0) is 13.2 Å². The Bertz CT molecular complexity index is 602. The predicted molar refractivity (Wildman–Crippen MR) is 71.6 cm³/mol. The van der Waals surface area contributed by atoms with Gasteiger partial charge in [0, 0.05) is 23.7 Å². The van der Waals surface area contributed by atoms with E-state index in [1.54, 1.807) is 25.3 Å². The topological polar surface area (TPSA) is 44.5 Å². The third-order valence-electron chi connectivity index (χ3n) is 2.89. The van der Waals surface area contributed by atoms with Crippen molar-refractivity contribution in [3.63, 3.8) is 0 Å². The molecule has 20 heavy (non-hydrogen) atoms. The summed E-state index contributed by atoms with van der Waals surface area (Å²) in [6.45, 7) is 0.282. The first kappa shape index (κ1) is 14.3. The van der Waals surface area contributed by atoms with Crippen LogP contribution in [0.4, 0.5) is 8.78 Å². The number of hydrogen-bond acceptors (Lipinski definition) is 3. The molecule has 0 aliphatic heterocycles. The van der Waals surface area contributed by atoms with Crippen molar-refractivity contribution in [2.24, 2.45) is 5.73 Å². The molecule has 0 saturated carbocycles. The first-order chi connectivity index (χ1) is 9.63. The van der Waals surface area contributed by atoms with Crippen molar-refractivity contribution in [3.8, 4) is 11.5 Å². The lowest BCUT2D eigenvalue weighted by atomic mass is 10.2. The average Bonchev–Trinajstić information content (AvgIpc) is 2.46. The molecule has 2 N–H and O–H groups in total. The van der Waals surface area contributed by atoms with E-state index in [1.807, 2.05) is 0 Å². The van der Waals surface area contributed by atoms with E-state index in [0.29, 0.717) is 11.5 Å². The second-order valence-corrected chi connectivity index (χ2v) is 4.20. The molecule has 106 valence electrons. The molecule has 0 amide bonds. The van der Waals surface area contributed by atoms with Gasteiger partial charge in [0.25, 0.3) is 0 Å². The Kier molecular flexibility index (Phi) is 4.53. The molecule has 2 rings (SSSR count). The Balaban J connectivity index is 2.14. The van der Waals surface area contributed by atoms with Gasteiger partial charge in [-0.3, -0.25) is 0 Å². The van der Waals surface area contributed by atoms with Gasteiger partial charge in [-0.1, -0.05) is 0 Å².